The van der Waals surface area contributed by atoms with Gasteiger partial charge in [-0.1, -0.05) is 13.8 Å². The van der Waals surface area contributed by atoms with Crippen molar-refractivity contribution in [3.63, 3.8) is 0 Å². The summed E-state index contributed by atoms with van der Waals surface area (Å²) in [4.78, 5) is 36.0. The van der Waals surface area contributed by atoms with Crippen LogP contribution in [0.25, 0.3) is 0 Å². The van der Waals surface area contributed by atoms with E-state index < -0.39 is 0 Å². The van der Waals surface area contributed by atoms with E-state index in [-0.39, 0.29) is 18.0 Å². The Bertz CT molecular complexity index is 1250. The predicted octanol–water partition coefficient (Wildman–Crippen LogP) is 4.93. The van der Waals surface area contributed by atoms with E-state index in [4.69, 9.17) is 5.41 Å². The van der Waals surface area contributed by atoms with Crippen molar-refractivity contribution < 1.29 is 4.79 Å². The van der Waals surface area contributed by atoms with Crippen LogP contribution in [0.4, 0.5) is 11.4 Å². The Labute approximate surface area is 253 Å². The number of carbonyl (C=O) groups excluding carboxylic acids is 1. The van der Waals surface area contributed by atoms with E-state index in [9.17, 15) is 9.59 Å². The standard InChI is InChI=1S/C31H49N7O2.C2H6/c1-9-38(24-12-10-23(11-13-24)37(8)15-14-36(6)7)29-22(4)25(17-28(33-5)26(29)18-32)30(39)34-19-27-20(2)16-21(3)35-31(27)40;1-2/h16-18,23-24,32-33H,9-15,19H2,1-8H3,(H,34,39)(H,35,40);1-2H3. The maximum Gasteiger partial charge on any atom is 0.253 e. The lowest BCUT2D eigenvalue weighted by molar-refractivity contribution is 0.0950. The summed E-state index contributed by atoms with van der Waals surface area (Å²) in [5.41, 5.74) is 5.95. The number of aryl methyl sites for hydroxylation is 2. The molecule has 1 heterocycles. The molecule has 42 heavy (non-hydrogen) atoms. The molecule has 0 bridgehead atoms. The van der Waals surface area contributed by atoms with Crippen molar-refractivity contribution in [2.45, 2.75) is 85.9 Å². The van der Waals surface area contributed by atoms with E-state index in [2.05, 4.69) is 58.4 Å². The lowest BCUT2D eigenvalue weighted by atomic mass is 9.88. The minimum atomic E-state index is -0.228. The first-order valence-electron chi connectivity index (χ1n) is 15.5. The van der Waals surface area contributed by atoms with Crippen LogP contribution < -0.4 is 21.1 Å². The number of likely N-dealkylation sites (N-methyl/N-ethyl adjacent to an activating group) is 2. The Balaban J connectivity index is 0.00000301. The second-order valence-corrected chi connectivity index (χ2v) is 11.4. The molecule has 234 valence electrons. The average Bonchev–Trinajstić information content (AvgIpc) is 2.97. The van der Waals surface area contributed by atoms with Crippen LogP contribution in [-0.2, 0) is 6.54 Å². The number of aromatic amines is 1. The van der Waals surface area contributed by atoms with Gasteiger partial charge >= 0.3 is 0 Å². The highest BCUT2D eigenvalue weighted by atomic mass is 16.1. The molecule has 1 fully saturated rings. The molecule has 1 saturated carbocycles. The molecule has 0 atom stereocenters. The first kappa shape index (κ1) is 35.0. The Morgan fingerprint density at radius 3 is 2.19 bits per heavy atom. The number of hydrogen-bond donors (Lipinski definition) is 4. The fourth-order valence-corrected chi connectivity index (χ4v) is 6.06. The van der Waals surface area contributed by atoms with Crippen LogP contribution in [-0.4, -0.2) is 86.8 Å². The SMILES string of the molecule is CC.CCN(c1c(C)c(C(=O)NCc2c(C)cc(C)[nH]c2=O)cc(NC)c1C=N)C1CCC(N(C)CCN(C)C)CC1. The second-order valence-electron chi connectivity index (χ2n) is 11.4. The molecular weight excluding hydrogens is 526 g/mol. The topological polar surface area (TPSA) is 108 Å². The molecule has 4 N–H and O–H groups in total. The third kappa shape index (κ3) is 8.44. The monoisotopic (exact) mass is 581 g/mol. The van der Waals surface area contributed by atoms with Crippen LogP contribution in [0.5, 0.6) is 0 Å². The Kier molecular flexibility index (Phi) is 13.7. The van der Waals surface area contributed by atoms with Crippen molar-refractivity contribution in [1.82, 2.24) is 20.1 Å². The number of H-pyrrole nitrogens is 1. The van der Waals surface area contributed by atoms with Crippen LogP contribution in [0.3, 0.4) is 0 Å². The van der Waals surface area contributed by atoms with Crippen molar-refractivity contribution in [3.05, 3.63) is 56.0 Å². The van der Waals surface area contributed by atoms with E-state index in [1.54, 1.807) is 0 Å². The number of carbonyl (C=O) groups is 1. The van der Waals surface area contributed by atoms with Gasteiger partial charge in [0.1, 0.15) is 0 Å². The van der Waals surface area contributed by atoms with Gasteiger partial charge in [0.2, 0.25) is 0 Å². The fraction of sp³-hybridized carbons (Fsp3) is 0.606. The highest BCUT2D eigenvalue weighted by Crippen LogP contribution is 2.37. The molecule has 1 amide bonds. The van der Waals surface area contributed by atoms with E-state index in [0.717, 1.165) is 79.1 Å². The smallest absolute Gasteiger partial charge is 0.253 e. The molecule has 2 aromatic rings. The molecule has 9 heteroatoms. The van der Waals surface area contributed by atoms with Crippen molar-refractivity contribution in [1.29, 1.82) is 5.41 Å². The van der Waals surface area contributed by atoms with Gasteiger partial charge in [0.05, 0.1) is 5.69 Å². The Hall–Kier alpha value is -3.17. The zero-order chi connectivity index (χ0) is 31.6. The molecule has 3 rings (SSSR count). The molecule has 1 aliphatic carbocycles. The summed E-state index contributed by atoms with van der Waals surface area (Å²) in [5.74, 6) is -0.228. The molecule has 1 aromatic carbocycles. The summed E-state index contributed by atoms with van der Waals surface area (Å²) in [7, 11) is 8.29. The summed E-state index contributed by atoms with van der Waals surface area (Å²) in [6.45, 7) is 14.9. The number of nitrogens with one attached hydrogen (secondary N) is 4. The van der Waals surface area contributed by atoms with Gasteiger partial charge in [-0.15, -0.1) is 0 Å². The molecule has 1 aliphatic rings. The average molecular weight is 582 g/mol. The minimum absolute atomic E-state index is 0.152. The highest BCUT2D eigenvalue weighted by Gasteiger charge is 2.30. The number of anilines is 2. The van der Waals surface area contributed by atoms with Gasteiger partial charge in [-0.2, -0.15) is 0 Å². The van der Waals surface area contributed by atoms with Crippen LogP contribution in [0.2, 0.25) is 0 Å². The third-order valence-corrected chi connectivity index (χ3v) is 8.43. The third-order valence-electron chi connectivity index (χ3n) is 8.43. The van der Waals surface area contributed by atoms with Gasteiger partial charge in [0.15, 0.2) is 0 Å². The summed E-state index contributed by atoms with van der Waals surface area (Å²) in [6.07, 6.45) is 5.81. The maximum absolute atomic E-state index is 13.5. The lowest BCUT2D eigenvalue weighted by Gasteiger charge is -2.42. The molecule has 0 unspecified atom stereocenters. The van der Waals surface area contributed by atoms with Crippen LogP contribution >= 0.6 is 0 Å². The molecule has 0 saturated heterocycles. The lowest BCUT2D eigenvalue weighted by Crippen LogP contribution is -2.45. The second kappa shape index (κ2) is 16.5. The molecule has 0 aliphatic heterocycles. The van der Waals surface area contributed by atoms with Gasteiger partial charge in [0.25, 0.3) is 11.5 Å². The van der Waals surface area contributed by atoms with Crippen LogP contribution in [0, 0.1) is 26.2 Å². The van der Waals surface area contributed by atoms with Gasteiger partial charge < -0.3 is 35.7 Å². The van der Waals surface area contributed by atoms with Crippen LogP contribution in [0.15, 0.2) is 16.9 Å². The van der Waals surface area contributed by atoms with E-state index in [0.29, 0.717) is 23.2 Å². The normalized spacial score (nSPS) is 16.6. The first-order valence-corrected chi connectivity index (χ1v) is 15.5. The summed E-state index contributed by atoms with van der Waals surface area (Å²) in [6, 6.07) is 4.66. The Morgan fingerprint density at radius 2 is 1.67 bits per heavy atom. The molecule has 9 nitrogen and oxygen atoms in total. The molecule has 0 radical (unpaired) electrons. The van der Waals surface area contributed by atoms with E-state index >= 15 is 0 Å². The molecular formula is C33H55N7O2. The number of nitrogens with zero attached hydrogens (tertiary/aromatic N) is 3. The number of pyridine rings is 1. The summed E-state index contributed by atoms with van der Waals surface area (Å²) < 4.78 is 0. The molecule has 0 spiro atoms. The van der Waals surface area contributed by atoms with Gasteiger partial charge in [-0.25, -0.2) is 0 Å². The summed E-state index contributed by atoms with van der Waals surface area (Å²) >= 11 is 0. The van der Waals surface area contributed by atoms with Gasteiger partial charge in [-0.05, 0) is 97.8 Å². The summed E-state index contributed by atoms with van der Waals surface area (Å²) in [5, 5.41) is 14.5. The van der Waals surface area contributed by atoms with Gasteiger partial charge in [-0.3, -0.25) is 9.59 Å². The van der Waals surface area contributed by atoms with Gasteiger partial charge in [0, 0.05) is 79.6 Å². The van der Waals surface area contributed by atoms with Crippen molar-refractivity contribution in [3.8, 4) is 0 Å². The van der Waals surface area contributed by atoms with E-state index in [1.807, 2.05) is 53.8 Å². The number of rotatable bonds is 12. The number of aromatic nitrogens is 1. The number of hydrogen-bond acceptors (Lipinski definition) is 7. The van der Waals surface area contributed by atoms with Crippen LogP contribution in [0.1, 0.15) is 84.8 Å². The first-order chi connectivity index (χ1) is 20.0. The van der Waals surface area contributed by atoms with Crippen molar-refractivity contribution in [2.75, 3.05) is 58.0 Å². The predicted molar refractivity (Wildman–Crippen MR) is 178 cm³/mol. The van der Waals surface area contributed by atoms with Crippen molar-refractivity contribution in [2.24, 2.45) is 0 Å². The quantitative estimate of drug-likeness (QED) is 0.265. The largest absolute Gasteiger partial charge is 0.388 e. The fourth-order valence-electron chi connectivity index (χ4n) is 6.06. The minimum Gasteiger partial charge on any atom is -0.388 e. The number of amides is 1. The maximum atomic E-state index is 13.5. The van der Waals surface area contributed by atoms with Crippen molar-refractivity contribution >= 4 is 23.5 Å². The number of benzene rings is 1. The zero-order valence-electron chi connectivity index (χ0n) is 27.7. The highest BCUT2D eigenvalue weighted by molar-refractivity contribution is 6.03. The Morgan fingerprint density at radius 1 is 1.05 bits per heavy atom. The molecule has 1 aromatic heterocycles. The van der Waals surface area contributed by atoms with E-state index in [1.165, 1.54) is 6.21 Å². The zero-order valence-corrected chi connectivity index (χ0v) is 27.7.